The van der Waals surface area contributed by atoms with Crippen molar-refractivity contribution in [1.29, 1.82) is 0 Å². The molecule has 0 aliphatic rings. The monoisotopic (exact) mass is 356 g/mol. The van der Waals surface area contributed by atoms with Crippen LogP contribution in [-0.2, 0) is 0 Å². The molecule has 1 amide bonds. The topological polar surface area (TPSA) is 79.9 Å². The number of ether oxygens (including phenoxy) is 1. The number of H-pyrrole nitrogens is 1. The van der Waals surface area contributed by atoms with E-state index in [1.165, 1.54) is 0 Å². The van der Waals surface area contributed by atoms with E-state index < -0.39 is 0 Å². The van der Waals surface area contributed by atoms with E-state index in [-0.39, 0.29) is 11.9 Å². The van der Waals surface area contributed by atoms with Gasteiger partial charge < -0.3 is 10.1 Å². The van der Waals surface area contributed by atoms with Crippen LogP contribution < -0.4 is 10.1 Å². The number of aromatic amines is 1. The SMILES string of the molecule is COc1cccc(C(=O)N[C@@H](C)c2nc(-c3ccc(Cl)cc3)n[nH]2)c1. The Bertz CT molecular complexity index is 877. The van der Waals surface area contributed by atoms with Gasteiger partial charge in [-0.15, -0.1) is 0 Å². The average molecular weight is 357 g/mol. The van der Waals surface area contributed by atoms with Gasteiger partial charge in [-0.05, 0) is 49.4 Å². The standard InChI is InChI=1S/C18H17ClN4O2/c1-11(20-18(24)13-4-3-5-15(10-13)25-2)16-21-17(23-22-16)12-6-8-14(19)9-7-12/h3-11H,1-2H3,(H,20,24)(H,21,22,23)/t11-/m0/s1. The minimum atomic E-state index is -0.327. The molecule has 0 bridgehead atoms. The second kappa shape index (κ2) is 7.36. The molecule has 25 heavy (non-hydrogen) atoms. The van der Waals surface area contributed by atoms with Gasteiger partial charge in [0.05, 0.1) is 13.2 Å². The fourth-order valence-electron chi connectivity index (χ4n) is 2.31. The summed E-state index contributed by atoms with van der Waals surface area (Å²) < 4.78 is 5.14. The molecule has 0 saturated heterocycles. The summed E-state index contributed by atoms with van der Waals surface area (Å²) in [6.07, 6.45) is 0. The third-order valence-electron chi connectivity index (χ3n) is 3.69. The molecule has 1 aromatic heterocycles. The maximum Gasteiger partial charge on any atom is 0.251 e. The van der Waals surface area contributed by atoms with Gasteiger partial charge in [0.1, 0.15) is 11.6 Å². The number of methoxy groups -OCH3 is 1. The predicted octanol–water partition coefficient (Wildman–Crippen LogP) is 3.62. The van der Waals surface area contributed by atoms with Crippen molar-refractivity contribution >= 4 is 17.5 Å². The zero-order valence-electron chi connectivity index (χ0n) is 13.8. The average Bonchev–Trinajstić information content (AvgIpc) is 3.12. The van der Waals surface area contributed by atoms with Crippen molar-refractivity contribution in [3.63, 3.8) is 0 Å². The second-order valence-electron chi connectivity index (χ2n) is 5.48. The fraction of sp³-hybridized carbons (Fsp3) is 0.167. The number of carbonyl (C=O) groups excluding carboxylic acids is 1. The molecule has 0 aliphatic heterocycles. The lowest BCUT2D eigenvalue weighted by atomic mass is 10.2. The maximum atomic E-state index is 12.4. The van der Waals surface area contributed by atoms with Crippen LogP contribution in [-0.4, -0.2) is 28.2 Å². The Morgan fingerprint density at radius 2 is 2.00 bits per heavy atom. The summed E-state index contributed by atoms with van der Waals surface area (Å²) in [7, 11) is 1.56. The Morgan fingerprint density at radius 3 is 2.72 bits per heavy atom. The summed E-state index contributed by atoms with van der Waals surface area (Å²) in [6.45, 7) is 1.84. The third kappa shape index (κ3) is 3.97. The molecule has 3 rings (SSSR count). The summed E-state index contributed by atoms with van der Waals surface area (Å²) in [5.41, 5.74) is 1.36. The smallest absolute Gasteiger partial charge is 0.251 e. The molecule has 0 spiro atoms. The highest BCUT2D eigenvalue weighted by Crippen LogP contribution is 2.20. The zero-order chi connectivity index (χ0) is 17.8. The Hall–Kier alpha value is -2.86. The van der Waals surface area contributed by atoms with Gasteiger partial charge in [-0.2, -0.15) is 5.10 Å². The molecule has 7 heteroatoms. The van der Waals surface area contributed by atoms with E-state index in [9.17, 15) is 4.79 Å². The van der Waals surface area contributed by atoms with Crippen molar-refractivity contribution in [1.82, 2.24) is 20.5 Å². The van der Waals surface area contributed by atoms with Gasteiger partial charge in [0, 0.05) is 16.1 Å². The summed E-state index contributed by atoms with van der Waals surface area (Å²) in [5, 5.41) is 10.6. The first-order valence-electron chi connectivity index (χ1n) is 7.70. The molecule has 0 radical (unpaired) electrons. The number of nitrogens with one attached hydrogen (secondary N) is 2. The van der Waals surface area contributed by atoms with Crippen molar-refractivity contribution < 1.29 is 9.53 Å². The van der Waals surface area contributed by atoms with E-state index in [2.05, 4.69) is 20.5 Å². The molecule has 0 saturated carbocycles. The number of amides is 1. The van der Waals surface area contributed by atoms with Crippen molar-refractivity contribution in [2.75, 3.05) is 7.11 Å². The number of hydrogen-bond donors (Lipinski definition) is 2. The molecule has 3 aromatic rings. The van der Waals surface area contributed by atoms with E-state index in [0.29, 0.717) is 28.0 Å². The zero-order valence-corrected chi connectivity index (χ0v) is 14.5. The molecule has 1 heterocycles. The Labute approximate surface area is 150 Å². The first kappa shape index (κ1) is 17.0. The number of rotatable bonds is 5. The predicted molar refractivity (Wildman–Crippen MR) is 95.7 cm³/mol. The number of nitrogens with zero attached hydrogens (tertiary/aromatic N) is 2. The first-order valence-corrected chi connectivity index (χ1v) is 8.08. The van der Waals surface area contributed by atoms with Gasteiger partial charge in [-0.3, -0.25) is 9.89 Å². The lowest BCUT2D eigenvalue weighted by Crippen LogP contribution is -2.27. The van der Waals surface area contributed by atoms with E-state index in [0.717, 1.165) is 5.56 Å². The summed E-state index contributed by atoms with van der Waals surface area (Å²) in [6, 6.07) is 13.9. The van der Waals surface area contributed by atoms with Gasteiger partial charge in [0.25, 0.3) is 5.91 Å². The Balaban J connectivity index is 1.72. The molecule has 2 N–H and O–H groups in total. The quantitative estimate of drug-likeness (QED) is 0.731. The second-order valence-corrected chi connectivity index (χ2v) is 5.91. The highest BCUT2D eigenvalue weighted by Gasteiger charge is 2.16. The van der Waals surface area contributed by atoms with Crippen LogP contribution in [0.4, 0.5) is 0 Å². The third-order valence-corrected chi connectivity index (χ3v) is 3.95. The lowest BCUT2D eigenvalue weighted by Gasteiger charge is -2.11. The van der Waals surface area contributed by atoms with Gasteiger partial charge in [-0.1, -0.05) is 17.7 Å². The van der Waals surface area contributed by atoms with E-state index in [4.69, 9.17) is 16.3 Å². The van der Waals surface area contributed by atoms with Gasteiger partial charge in [-0.25, -0.2) is 4.98 Å². The van der Waals surface area contributed by atoms with Gasteiger partial charge in [0.2, 0.25) is 0 Å². The van der Waals surface area contributed by atoms with Crippen molar-refractivity contribution in [2.45, 2.75) is 13.0 Å². The van der Waals surface area contributed by atoms with Crippen molar-refractivity contribution in [3.8, 4) is 17.1 Å². The Kier molecular flexibility index (Phi) is 5.00. The summed E-state index contributed by atoms with van der Waals surface area (Å²) in [5.74, 6) is 1.54. The molecule has 6 nitrogen and oxygen atoms in total. The number of aromatic nitrogens is 3. The van der Waals surface area contributed by atoms with Crippen LogP contribution in [0.1, 0.15) is 29.1 Å². The number of benzene rings is 2. The van der Waals surface area contributed by atoms with Crippen LogP contribution in [0.25, 0.3) is 11.4 Å². The number of carbonyl (C=O) groups is 1. The molecule has 0 unspecified atom stereocenters. The number of hydrogen-bond acceptors (Lipinski definition) is 4. The summed E-state index contributed by atoms with van der Waals surface area (Å²) >= 11 is 5.89. The molecular weight excluding hydrogens is 340 g/mol. The molecule has 2 aromatic carbocycles. The van der Waals surface area contributed by atoms with Gasteiger partial charge in [0.15, 0.2) is 5.82 Å². The van der Waals surface area contributed by atoms with Crippen molar-refractivity contribution in [3.05, 3.63) is 64.9 Å². The minimum Gasteiger partial charge on any atom is -0.497 e. The molecule has 128 valence electrons. The summed E-state index contributed by atoms with van der Waals surface area (Å²) in [4.78, 5) is 16.8. The van der Waals surface area contributed by atoms with Crippen LogP contribution in [0.3, 0.4) is 0 Å². The van der Waals surface area contributed by atoms with Crippen LogP contribution in [0.2, 0.25) is 5.02 Å². The van der Waals surface area contributed by atoms with Crippen LogP contribution in [0.15, 0.2) is 48.5 Å². The highest BCUT2D eigenvalue weighted by atomic mass is 35.5. The van der Waals surface area contributed by atoms with Crippen LogP contribution >= 0.6 is 11.6 Å². The van der Waals surface area contributed by atoms with Crippen LogP contribution in [0.5, 0.6) is 5.75 Å². The molecule has 0 aliphatic carbocycles. The van der Waals surface area contributed by atoms with E-state index in [1.54, 1.807) is 43.5 Å². The van der Waals surface area contributed by atoms with E-state index >= 15 is 0 Å². The minimum absolute atomic E-state index is 0.212. The number of halogens is 1. The lowest BCUT2D eigenvalue weighted by molar-refractivity contribution is 0.0938. The molecule has 0 fully saturated rings. The Morgan fingerprint density at radius 1 is 1.24 bits per heavy atom. The largest absolute Gasteiger partial charge is 0.497 e. The molecule has 1 atom stereocenters. The van der Waals surface area contributed by atoms with Crippen molar-refractivity contribution in [2.24, 2.45) is 0 Å². The highest BCUT2D eigenvalue weighted by molar-refractivity contribution is 6.30. The van der Waals surface area contributed by atoms with E-state index in [1.807, 2.05) is 19.1 Å². The molecular formula is C18H17ClN4O2. The van der Waals surface area contributed by atoms with Crippen LogP contribution in [0, 0.1) is 0 Å². The van der Waals surface area contributed by atoms with Gasteiger partial charge >= 0.3 is 0 Å². The first-order chi connectivity index (χ1) is 12.1. The normalized spacial score (nSPS) is 11.8. The fourth-order valence-corrected chi connectivity index (χ4v) is 2.43. The maximum absolute atomic E-state index is 12.4.